The Balaban J connectivity index is 1.92. The van der Waals surface area contributed by atoms with Crippen molar-refractivity contribution in [2.24, 2.45) is 0 Å². The smallest absolute Gasteiger partial charge is 0.126 e. The summed E-state index contributed by atoms with van der Waals surface area (Å²) < 4.78 is 20.5. The Morgan fingerprint density at radius 3 is 3.05 bits per heavy atom. The molecule has 2 unspecified atom stereocenters. The fraction of sp³-hybridized carbons (Fsp3) is 0.647. The third-order valence-electron chi connectivity index (χ3n) is 4.02. The summed E-state index contributed by atoms with van der Waals surface area (Å²) in [6.45, 7) is 4.04. The Morgan fingerprint density at radius 1 is 1.48 bits per heavy atom. The molecule has 1 N–H and O–H groups in total. The van der Waals surface area contributed by atoms with Gasteiger partial charge in [0.1, 0.15) is 5.82 Å². The van der Waals surface area contributed by atoms with Crippen LogP contribution in [0.25, 0.3) is 0 Å². The molecule has 0 bridgehead atoms. The minimum atomic E-state index is -0.112. The SMILES string of the molecule is CCCNC(CCC1CCCO1)Cc1cc(Br)ccc1F. The normalized spacial score (nSPS) is 19.9. The molecule has 2 nitrogen and oxygen atoms in total. The summed E-state index contributed by atoms with van der Waals surface area (Å²) in [6.07, 6.45) is 6.69. The number of hydrogen-bond donors (Lipinski definition) is 1. The van der Waals surface area contributed by atoms with Crippen LogP contribution in [-0.2, 0) is 11.2 Å². The zero-order valence-electron chi connectivity index (χ0n) is 12.7. The molecular weight excluding hydrogens is 333 g/mol. The molecule has 0 radical (unpaired) electrons. The van der Waals surface area contributed by atoms with Crippen LogP contribution in [0.3, 0.4) is 0 Å². The maximum Gasteiger partial charge on any atom is 0.126 e. The molecule has 1 heterocycles. The minimum Gasteiger partial charge on any atom is -0.378 e. The highest BCUT2D eigenvalue weighted by atomic mass is 79.9. The molecule has 2 rings (SSSR count). The van der Waals surface area contributed by atoms with E-state index in [1.54, 1.807) is 6.07 Å². The first-order chi connectivity index (χ1) is 10.2. The molecule has 1 aliphatic rings. The zero-order valence-corrected chi connectivity index (χ0v) is 14.3. The molecule has 21 heavy (non-hydrogen) atoms. The minimum absolute atomic E-state index is 0.112. The third kappa shape index (κ3) is 5.68. The number of nitrogens with one attached hydrogen (secondary N) is 1. The van der Waals surface area contributed by atoms with Gasteiger partial charge in [-0.25, -0.2) is 4.39 Å². The Morgan fingerprint density at radius 2 is 2.33 bits per heavy atom. The summed E-state index contributed by atoms with van der Waals surface area (Å²) in [6, 6.07) is 5.50. The van der Waals surface area contributed by atoms with E-state index in [1.165, 1.54) is 18.9 Å². The van der Waals surface area contributed by atoms with Gasteiger partial charge >= 0.3 is 0 Å². The largest absolute Gasteiger partial charge is 0.378 e. The molecule has 0 saturated carbocycles. The molecule has 4 heteroatoms. The highest BCUT2D eigenvalue weighted by Gasteiger charge is 2.18. The summed E-state index contributed by atoms with van der Waals surface area (Å²) in [4.78, 5) is 0. The number of halogens is 2. The van der Waals surface area contributed by atoms with Gasteiger partial charge in [-0.3, -0.25) is 0 Å². The molecule has 1 aromatic carbocycles. The van der Waals surface area contributed by atoms with Crippen LogP contribution in [0.4, 0.5) is 4.39 Å². The predicted octanol–water partition coefficient (Wildman–Crippen LogP) is 4.46. The molecule has 0 aliphatic carbocycles. The van der Waals surface area contributed by atoms with Crippen molar-refractivity contribution >= 4 is 15.9 Å². The Kier molecular flexibility index (Phi) is 7.14. The molecular formula is C17H25BrFNO. The topological polar surface area (TPSA) is 21.3 Å². The van der Waals surface area contributed by atoms with Gasteiger partial charge in [0.2, 0.25) is 0 Å². The standard InChI is InChI=1S/C17H25BrFNO/c1-2-9-20-15(6-7-16-4-3-10-21-16)12-13-11-14(18)5-8-17(13)19/h5,8,11,15-16,20H,2-4,6-7,9-10,12H2,1H3. The Hall–Kier alpha value is -0.450. The van der Waals surface area contributed by atoms with Gasteiger partial charge in [0.05, 0.1) is 6.10 Å². The van der Waals surface area contributed by atoms with Crippen LogP contribution in [0.5, 0.6) is 0 Å². The van der Waals surface area contributed by atoms with E-state index in [-0.39, 0.29) is 5.82 Å². The van der Waals surface area contributed by atoms with Crippen LogP contribution in [0, 0.1) is 5.82 Å². The lowest BCUT2D eigenvalue weighted by Gasteiger charge is -2.21. The molecule has 1 fully saturated rings. The number of ether oxygens (including phenoxy) is 1. The van der Waals surface area contributed by atoms with Crippen molar-refractivity contribution in [3.8, 4) is 0 Å². The summed E-state index contributed by atoms with van der Waals surface area (Å²) in [5.41, 5.74) is 0.783. The second kappa shape index (κ2) is 8.86. The van der Waals surface area contributed by atoms with E-state index in [0.717, 1.165) is 48.9 Å². The van der Waals surface area contributed by atoms with Crippen molar-refractivity contribution in [3.63, 3.8) is 0 Å². The highest BCUT2D eigenvalue weighted by Crippen LogP contribution is 2.21. The van der Waals surface area contributed by atoms with Gasteiger partial charge in [-0.05, 0) is 68.8 Å². The van der Waals surface area contributed by atoms with Gasteiger partial charge in [0.25, 0.3) is 0 Å². The van der Waals surface area contributed by atoms with Crippen LogP contribution < -0.4 is 5.32 Å². The predicted molar refractivity (Wildman–Crippen MR) is 88.1 cm³/mol. The van der Waals surface area contributed by atoms with Crippen LogP contribution in [0.2, 0.25) is 0 Å². The van der Waals surface area contributed by atoms with Gasteiger partial charge in [0.15, 0.2) is 0 Å². The van der Waals surface area contributed by atoms with E-state index in [2.05, 4.69) is 28.2 Å². The van der Waals surface area contributed by atoms with Gasteiger partial charge in [-0.1, -0.05) is 22.9 Å². The summed E-state index contributed by atoms with van der Waals surface area (Å²) in [5.74, 6) is -0.112. The average Bonchev–Trinajstić information content (AvgIpc) is 2.99. The van der Waals surface area contributed by atoms with Crippen molar-refractivity contribution in [3.05, 3.63) is 34.1 Å². The van der Waals surface area contributed by atoms with E-state index in [1.807, 2.05) is 6.07 Å². The Labute approximate surface area is 135 Å². The van der Waals surface area contributed by atoms with Crippen LogP contribution in [0.15, 0.2) is 22.7 Å². The molecule has 0 spiro atoms. The fourth-order valence-electron chi connectivity index (χ4n) is 2.85. The first kappa shape index (κ1) is 16.9. The number of hydrogen-bond acceptors (Lipinski definition) is 2. The molecule has 2 atom stereocenters. The number of benzene rings is 1. The third-order valence-corrected chi connectivity index (χ3v) is 4.51. The lowest BCUT2D eigenvalue weighted by molar-refractivity contribution is 0.0995. The van der Waals surface area contributed by atoms with Crippen LogP contribution in [-0.4, -0.2) is 25.3 Å². The van der Waals surface area contributed by atoms with Crippen molar-refractivity contribution in [1.29, 1.82) is 0 Å². The van der Waals surface area contributed by atoms with Crippen LogP contribution in [0.1, 0.15) is 44.6 Å². The maximum absolute atomic E-state index is 13.9. The summed E-state index contributed by atoms with van der Waals surface area (Å²) in [5, 5.41) is 3.55. The number of rotatable bonds is 8. The summed E-state index contributed by atoms with van der Waals surface area (Å²) >= 11 is 3.42. The van der Waals surface area contributed by atoms with E-state index < -0.39 is 0 Å². The molecule has 0 amide bonds. The molecule has 118 valence electrons. The maximum atomic E-state index is 13.9. The van der Waals surface area contributed by atoms with E-state index >= 15 is 0 Å². The first-order valence-electron chi connectivity index (χ1n) is 7.98. The van der Waals surface area contributed by atoms with Crippen molar-refractivity contribution in [1.82, 2.24) is 5.32 Å². The van der Waals surface area contributed by atoms with Gasteiger partial charge < -0.3 is 10.1 Å². The highest BCUT2D eigenvalue weighted by molar-refractivity contribution is 9.10. The Bertz CT molecular complexity index is 435. The van der Waals surface area contributed by atoms with Gasteiger partial charge in [-0.2, -0.15) is 0 Å². The van der Waals surface area contributed by atoms with E-state index in [9.17, 15) is 4.39 Å². The van der Waals surface area contributed by atoms with Gasteiger partial charge in [0, 0.05) is 17.1 Å². The fourth-order valence-corrected chi connectivity index (χ4v) is 3.26. The second-order valence-electron chi connectivity index (χ2n) is 5.80. The van der Waals surface area contributed by atoms with Crippen LogP contribution >= 0.6 is 15.9 Å². The van der Waals surface area contributed by atoms with Crippen molar-refractivity contribution in [2.45, 2.75) is 57.6 Å². The summed E-state index contributed by atoms with van der Waals surface area (Å²) in [7, 11) is 0. The zero-order chi connectivity index (χ0) is 15.1. The van der Waals surface area contributed by atoms with Gasteiger partial charge in [-0.15, -0.1) is 0 Å². The second-order valence-corrected chi connectivity index (χ2v) is 6.72. The quantitative estimate of drug-likeness (QED) is 0.741. The molecule has 1 aliphatic heterocycles. The van der Waals surface area contributed by atoms with E-state index in [4.69, 9.17) is 4.74 Å². The molecule has 1 aromatic rings. The average molecular weight is 358 g/mol. The van der Waals surface area contributed by atoms with Crippen molar-refractivity contribution < 1.29 is 9.13 Å². The molecule has 1 saturated heterocycles. The molecule has 0 aromatic heterocycles. The monoisotopic (exact) mass is 357 g/mol. The van der Waals surface area contributed by atoms with Crippen molar-refractivity contribution in [2.75, 3.05) is 13.2 Å². The lowest BCUT2D eigenvalue weighted by atomic mass is 9.99. The first-order valence-corrected chi connectivity index (χ1v) is 8.77. The lowest BCUT2D eigenvalue weighted by Crippen LogP contribution is -2.33. The van der Waals surface area contributed by atoms with E-state index in [0.29, 0.717) is 12.1 Å².